The Morgan fingerprint density at radius 1 is 1.03 bits per heavy atom. The fourth-order valence-corrected chi connectivity index (χ4v) is 4.47. The maximum atomic E-state index is 13.4. The number of ether oxygens (including phenoxy) is 2. The molecule has 0 radical (unpaired) electrons. The highest BCUT2D eigenvalue weighted by Gasteiger charge is 2.34. The largest absolute Gasteiger partial charge is 0.481 e. The highest BCUT2D eigenvalue weighted by molar-refractivity contribution is 7.93. The first kappa shape index (κ1) is 24.2. The molecule has 182 valence electrons. The summed E-state index contributed by atoms with van der Waals surface area (Å²) in [6.07, 6.45) is 5.46. The zero-order valence-corrected chi connectivity index (χ0v) is 20.3. The number of hydrogen-bond acceptors (Lipinski definition) is 10. The van der Waals surface area contributed by atoms with E-state index in [4.69, 9.17) is 9.47 Å². The highest BCUT2D eigenvalue weighted by Crippen LogP contribution is 2.28. The molecule has 0 aromatic carbocycles. The summed E-state index contributed by atoms with van der Waals surface area (Å²) in [6, 6.07) is 8.63. The Balaban J connectivity index is 1.74. The SMILES string of the molecule is COc1cccc(-c2nnc(NS(=O)(=O)[C@@H](C)[C@H](OC)c3ncc(C)cn3)n2-c2cccnc2)n1. The van der Waals surface area contributed by atoms with Gasteiger partial charge in [0.25, 0.3) is 0 Å². The summed E-state index contributed by atoms with van der Waals surface area (Å²) >= 11 is 0. The van der Waals surface area contributed by atoms with Crippen LogP contribution in [0.5, 0.6) is 5.88 Å². The molecule has 4 aromatic heterocycles. The molecule has 0 spiro atoms. The number of nitrogens with zero attached hydrogens (tertiary/aromatic N) is 7. The number of sulfonamides is 1. The summed E-state index contributed by atoms with van der Waals surface area (Å²) < 4.78 is 41.5. The van der Waals surface area contributed by atoms with Crippen molar-refractivity contribution < 1.29 is 17.9 Å². The van der Waals surface area contributed by atoms with Crippen LogP contribution in [-0.4, -0.2) is 62.6 Å². The molecule has 0 bridgehead atoms. The Labute approximate surface area is 202 Å². The Bertz CT molecular complexity index is 1390. The lowest BCUT2D eigenvalue weighted by Crippen LogP contribution is -2.33. The van der Waals surface area contributed by atoms with E-state index < -0.39 is 21.4 Å². The van der Waals surface area contributed by atoms with Gasteiger partial charge in [-0.2, -0.15) is 0 Å². The van der Waals surface area contributed by atoms with E-state index >= 15 is 0 Å². The Kier molecular flexibility index (Phi) is 6.98. The van der Waals surface area contributed by atoms with Crippen LogP contribution in [0.1, 0.15) is 24.4 Å². The van der Waals surface area contributed by atoms with Crippen LogP contribution in [0.15, 0.2) is 55.1 Å². The third-order valence-corrected chi connectivity index (χ3v) is 6.88. The number of aromatic nitrogens is 7. The van der Waals surface area contributed by atoms with E-state index in [2.05, 4.69) is 34.9 Å². The molecule has 4 heterocycles. The van der Waals surface area contributed by atoms with Gasteiger partial charge in [0.2, 0.25) is 21.9 Å². The second-order valence-corrected chi connectivity index (χ2v) is 9.62. The van der Waals surface area contributed by atoms with Crippen LogP contribution in [0.3, 0.4) is 0 Å². The van der Waals surface area contributed by atoms with E-state index in [1.54, 1.807) is 55.1 Å². The fraction of sp³-hybridized carbons (Fsp3) is 0.273. The minimum Gasteiger partial charge on any atom is -0.481 e. The van der Waals surface area contributed by atoms with E-state index in [1.165, 1.54) is 25.7 Å². The zero-order chi connectivity index (χ0) is 25.0. The van der Waals surface area contributed by atoms with Crippen molar-refractivity contribution in [3.05, 3.63) is 66.5 Å². The molecule has 0 saturated carbocycles. The minimum atomic E-state index is -4.04. The standard InChI is InChI=1S/C22H24N8O4S/c1-14-11-24-20(25-12-14)19(34-4)15(2)35(31,32)29-22-28-27-21(17-8-5-9-18(26-17)33-3)30(22)16-7-6-10-23-13-16/h5-13,15,19H,1-4H3,(H,28,29)/t15-,19-/m0/s1. The van der Waals surface area contributed by atoms with E-state index in [0.29, 0.717) is 23.1 Å². The van der Waals surface area contributed by atoms with Crippen LogP contribution in [0.4, 0.5) is 5.95 Å². The summed E-state index contributed by atoms with van der Waals surface area (Å²) in [4.78, 5) is 17.0. The van der Waals surface area contributed by atoms with Gasteiger partial charge in [-0.05, 0) is 37.6 Å². The Morgan fingerprint density at radius 2 is 1.80 bits per heavy atom. The highest BCUT2D eigenvalue weighted by atomic mass is 32.2. The molecule has 0 amide bonds. The lowest BCUT2D eigenvalue weighted by Gasteiger charge is -2.22. The van der Waals surface area contributed by atoms with Crippen LogP contribution in [-0.2, 0) is 14.8 Å². The lowest BCUT2D eigenvalue weighted by molar-refractivity contribution is 0.0949. The monoisotopic (exact) mass is 496 g/mol. The van der Waals surface area contributed by atoms with Crippen LogP contribution in [0, 0.1) is 6.92 Å². The molecular weight excluding hydrogens is 472 g/mol. The van der Waals surface area contributed by atoms with Gasteiger partial charge >= 0.3 is 0 Å². The number of methoxy groups -OCH3 is 2. The molecule has 0 unspecified atom stereocenters. The quantitative estimate of drug-likeness (QED) is 0.366. The first-order valence-corrected chi connectivity index (χ1v) is 12.1. The van der Waals surface area contributed by atoms with Crippen molar-refractivity contribution in [3.8, 4) is 23.1 Å². The van der Waals surface area contributed by atoms with Gasteiger partial charge in [-0.25, -0.2) is 23.4 Å². The summed E-state index contributed by atoms with van der Waals surface area (Å²) in [5.41, 5.74) is 1.81. The topological polar surface area (TPSA) is 147 Å². The molecule has 0 aliphatic carbocycles. The first-order chi connectivity index (χ1) is 16.8. The molecule has 4 aromatic rings. The van der Waals surface area contributed by atoms with Crippen LogP contribution < -0.4 is 9.46 Å². The van der Waals surface area contributed by atoms with Crippen LogP contribution in [0.2, 0.25) is 0 Å². The molecule has 35 heavy (non-hydrogen) atoms. The maximum Gasteiger partial charge on any atom is 0.243 e. The molecule has 0 saturated heterocycles. The molecule has 0 aliphatic heterocycles. The van der Waals surface area contributed by atoms with Crippen molar-refractivity contribution >= 4 is 16.0 Å². The van der Waals surface area contributed by atoms with E-state index in [9.17, 15) is 8.42 Å². The molecule has 12 nitrogen and oxygen atoms in total. The van der Waals surface area contributed by atoms with E-state index in [-0.39, 0.29) is 11.8 Å². The Hall–Kier alpha value is -3.97. The molecule has 2 atom stereocenters. The van der Waals surface area contributed by atoms with Crippen molar-refractivity contribution in [3.63, 3.8) is 0 Å². The number of nitrogens with one attached hydrogen (secondary N) is 1. The fourth-order valence-electron chi connectivity index (χ4n) is 3.34. The van der Waals surface area contributed by atoms with Crippen molar-refractivity contribution in [2.24, 2.45) is 0 Å². The number of pyridine rings is 2. The average molecular weight is 497 g/mol. The lowest BCUT2D eigenvalue weighted by atomic mass is 10.2. The van der Waals surface area contributed by atoms with Gasteiger partial charge in [0.05, 0.1) is 19.0 Å². The summed E-state index contributed by atoms with van der Waals surface area (Å²) in [7, 11) is -1.13. The molecule has 4 rings (SSSR count). The minimum absolute atomic E-state index is 0.0378. The molecule has 13 heteroatoms. The molecule has 0 aliphatic rings. The number of rotatable bonds is 9. The number of hydrogen-bond donors (Lipinski definition) is 1. The predicted octanol–water partition coefficient (Wildman–Crippen LogP) is 2.35. The maximum absolute atomic E-state index is 13.4. The molecule has 1 N–H and O–H groups in total. The van der Waals surface area contributed by atoms with Gasteiger partial charge in [0, 0.05) is 31.8 Å². The second-order valence-electron chi connectivity index (χ2n) is 7.59. The Morgan fingerprint density at radius 3 is 2.46 bits per heavy atom. The van der Waals surface area contributed by atoms with Gasteiger partial charge in [0.15, 0.2) is 11.6 Å². The van der Waals surface area contributed by atoms with Gasteiger partial charge in [-0.1, -0.05) is 6.07 Å². The van der Waals surface area contributed by atoms with Gasteiger partial charge < -0.3 is 9.47 Å². The summed E-state index contributed by atoms with van der Waals surface area (Å²) in [5.74, 6) is 0.891. The third kappa shape index (κ3) is 5.10. The number of anilines is 1. The van der Waals surface area contributed by atoms with Gasteiger partial charge in [-0.15, -0.1) is 10.2 Å². The second kappa shape index (κ2) is 10.1. The molecule has 0 fully saturated rings. The van der Waals surface area contributed by atoms with Crippen molar-refractivity contribution in [2.45, 2.75) is 25.2 Å². The normalized spacial score (nSPS) is 13.3. The van der Waals surface area contributed by atoms with E-state index in [0.717, 1.165) is 5.56 Å². The zero-order valence-electron chi connectivity index (χ0n) is 19.5. The number of aryl methyl sites for hydroxylation is 1. The summed E-state index contributed by atoms with van der Waals surface area (Å²) in [6.45, 7) is 3.35. The van der Waals surface area contributed by atoms with Crippen LogP contribution in [0.25, 0.3) is 17.2 Å². The smallest absolute Gasteiger partial charge is 0.243 e. The van der Waals surface area contributed by atoms with Crippen molar-refractivity contribution in [1.29, 1.82) is 0 Å². The predicted molar refractivity (Wildman–Crippen MR) is 127 cm³/mol. The van der Waals surface area contributed by atoms with Gasteiger partial charge in [-0.3, -0.25) is 14.3 Å². The molecular formula is C22H24N8O4S. The third-order valence-electron chi connectivity index (χ3n) is 5.19. The van der Waals surface area contributed by atoms with Gasteiger partial charge in [0.1, 0.15) is 17.0 Å². The first-order valence-electron chi connectivity index (χ1n) is 10.5. The van der Waals surface area contributed by atoms with E-state index in [1.807, 2.05) is 6.92 Å². The van der Waals surface area contributed by atoms with Crippen molar-refractivity contribution in [2.75, 3.05) is 18.9 Å². The van der Waals surface area contributed by atoms with Crippen molar-refractivity contribution in [1.82, 2.24) is 34.7 Å². The summed E-state index contributed by atoms with van der Waals surface area (Å²) in [5, 5.41) is 7.24. The van der Waals surface area contributed by atoms with Crippen LogP contribution >= 0.6 is 0 Å². The average Bonchev–Trinajstić information content (AvgIpc) is 3.29.